The van der Waals surface area contributed by atoms with E-state index < -0.39 is 0 Å². The summed E-state index contributed by atoms with van der Waals surface area (Å²) in [6.07, 6.45) is 4.52. The Hall–Kier alpha value is -1.81. The minimum absolute atomic E-state index is 0.00906. The zero-order valence-electron chi connectivity index (χ0n) is 12.1. The van der Waals surface area contributed by atoms with Crippen molar-refractivity contribution in [2.45, 2.75) is 32.2 Å². The number of hydrogen-bond donors (Lipinski definition) is 1. The molecule has 1 aromatic heterocycles. The molecule has 0 saturated carbocycles. The minimum atomic E-state index is -0.00906. The van der Waals surface area contributed by atoms with E-state index >= 15 is 0 Å². The third kappa shape index (κ3) is 3.10. The van der Waals surface area contributed by atoms with Gasteiger partial charge in [-0.1, -0.05) is 12.1 Å². The number of benzene rings is 1. The zero-order valence-corrected chi connectivity index (χ0v) is 12.9. The molecule has 2 aromatic rings. The fraction of sp³-hybridized carbons (Fsp3) is 0.353. The molecule has 1 N–H and O–H groups in total. The number of fused-ring (bicyclic) bond motifs is 1. The van der Waals surface area contributed by atoms with Crippen LogP contribution in [0.15, 0.2) is 24.3 Å². The normalized spacial score (nSPS) is 13.6. The van der Waals surface area contributed by atoms with Gasteiger partial charge in [-0.15, -0.1) is 11.3 Å². The molecule has 4 heteroatoms. The topological polar surface area (TPSA) is 38.3 Å². The summed E-state index contributed by atoms with van der Waals surface area (Å²) in [6, 6.07) is 7.73. The van der Waals surface area contributed by atoms with E-state index in [2.05, 4.69) is 10.7 Å². The van der Waals surface area contributed by atoms with Crippen LogP contribution in [-0.4, -0.2) is 13.0 Å². The first kappa shape index (κ1) is 14.1. The molecule has 0 bridgehead atoms. The van der Waals surface area contributed by atoms with Gasteiger partial charge in [-0.2, -0.15) is 0 Å². The minimum Gasteiger partial charge on any atom is -0.497 e. The molecule has 1 aliphatic rings. The summed E-state index contributed by atoms with van der Waals surface area (Å²) in [5, 5.41) is 6.16. The fourth-order valence-corrected chi connectivity index (χ4v) is 3.64. The van der Waals surface area contributed by atoms with Gasteiger partial charge in [0.25, 0.3) is 5.91 Å². The van der Waals surface area contributed by atoms with Crippen LogP contribution in [0.2, 0.25) is 0 Å². The van der Waals surface area contributed by atoms with Crippen LogP contribution in [0.5, 0.6) is 5.75 Å². The van der Waals surface area contributed by atoms with Crippen LogP contribution in [0.3, 0.4) is 0 Å². The van der Waals surface area contributed by atoms with Gasteiger partial charge < -0.3 is 10.1 Å². The lowest BCUT2D eigenvalue weighted by Gasteiger charge is -2.12. The largest absolute Gasteiger partial charge is 0.497 e. The molecule has 0 saturated heterocycles. The van der Waals surface area contributed by atoms with Crippen molar-refractivity contribution in [2.24, 2.45) is 0 Å². The summed E-state index contributed by atoms with van der Waals surface area (Å²) in [6.45, 7) is 0.529. The number of methoxy groups -OCH3 is 1. The maximum Gasteiger partial charge on any atom is 0.253 e. The third-order valence-corrected chi connectivity index (χ3v) is 4.84. The predicted octanol–water partition coefficient (Wildman–Crippen LogP) is 3.37. The number of rotatable bonds is 4. The molecular formula is C17H18NO2S. The van der Waals surface area contributed by atoms with Gasteiger partial charge in [-0.05, 0) is 48.9 Å². The highest BCUT2D eigenvalue weighted by Gasteiger charge is 2.20. The summed E-state index contributed by atoms with van der Waals surface area (Å²) in [5.41, 5.74) is 3.04. The van der Waals surface area contributed by atoms with E-state index in [0.29, 0.717) is 6.54 Å². The lowest BCUT2D eigenvalue weighted by molar-refractivity contribution is 0.0950. The number of ether oxygens (including phenoxy) is 1. The zero-order chi connectivity index (χ0) is 14.7. The number of carbonyl (C=O) groups is 1. The first-order valence-electron chi connectivity index (χ1n) is 7.21. The Morgan fingerprint density at radius 2 is 2.05 bits per heavy atom. The first-order valence-corrected chi connectivity index (χ1v) is 8.03. The summed E-state index contributed by atoms with van der Waals surface area (Å²) in [4.78, 5) is 13.7. The average molecular weight is 300 g/mol. The lowest BCUT2D eigenvalue weighted by Crippen LogP contribution is -2.23. The van der Waals surface area contributed by atoms with E-state index in [1.165, 1.54) is 23.3 Å². The van der Waals surface area contributed by atoms with Gasteiger partial charge in [0.1, 0.15) is 5.75 Å². The van der Waals surface area contributed by atoms with Crippen LogP contribution in [0, 0.1) is 5.38 Å². The third-order valence-electron chi connectivity index (χ3n) is 3.83. The van der Waals surface area contributed by atoms with Gasteiger partial charge in [-0.3, -0.25) is 4.79 Å². The maximum absolute atomic E-state index is 12.3. The second kappa shape index (κ2) is 6.31. The van der Waals surface area contributed by atoms with E-state index in [9.17, 15) is 4.79 Å². The number of carbonyl (C=O) groups excluding carboxylic acids is 1. The highest BCUT2D eigenvalue weighted by atomic mass is 32.1. The van der Waals surface area contributed by atoms with Gasteiger partial charge in [0.15, 0.2) is 0 Å². The van der Waals surface area contributed by atoms with Gasteiger partial charge in [0, 0.05) is 11.4 Å². The van der Waals surface area contributed by atoms with Gasteiger partial charge in [0.05, 0.1) is 18.1 Å². The molecule has 1 heterocycles. The Morgan fingerprint density at radius 1 is 1.29 bits per heavy atom. The van der Waals surface area contributed by atoms with Crippen LogP contribution in [-0.2, 0) is 19.4 Å². The number of nitrogens with one attached hydrogen (secondary N) is 1. The van der Waals surface area contributed by atoms with E-state index in [4.69, 9.17) is 4.74 Å². The number of thiophene rings is 1. The molecule has 0 aliphatic heterocycles. The van der Waals surface area contributed by atoms with Crippen molar-refractivity contribution in [3.8, 4) is 5.75 Å². The van der Waals surface area contributed by atoms with Crippen molar-refractivity contribution < 1.29 is 9.53 Å². The van der Waals surface area contributed by atoms with Crippen molar-refractivity contribution in [1.29, 1.82) is 0 Å². The van der Waals surface area contributed by atoms with Crippen LogP contribution in [0.25, 0.3) is 0 Å². The Bertz CT molecular complexity index is 631. The van der Waals surface area contributed by atoms with Crippen molar-refractivity contribution in [3.63, 3.8) is 0 Å². The summed E-state index contributed by atoms with van der Waals surface area (Å²) in [7, 11) is 1.65. The first-order chi connectivity index (χ1) is 10.3. The smallest absolute Gasteiger partial charge is 0.253 e. The average Bonchev–Trinajstić information content (AvgIpc) is 2.97. The Morgan fingerprint density at radius 3 is 2.81 bits per heavy atom. The van der Waals surface area contributed by atoms with Crippen LogP contribution >= 0.6 is 11.3 Å². The quantitative estimate of drug-likeness (QED) is 0.940. The molecule has 109 valence electrons. The highest BCUT2D eigenvalue weighted by molar-refractivity contribution is 7.10. The second-order valence-electron chi connectivity index (χ2n) is 5.22. The van der Waals surface area contributed by atoms with Crippen LogP contribution < -0.4 is 10.1 Å². The Labute approximate surface area is 129 Å². The molecular weight excluding hydrogens is 282 g/mol. The Kier molecular flexibility index (Phi) is 4.25. The monoisotopic (exact) mass is 300 g/mol. The molecule has 1 aliphatic carbocycles. The maximum atomic E-state index is 12.3. The molecule has 0 fully saturated rings. The van der Waals surface area contributed by atoms with Crippen LogP contribution in [0.1, 0.15) is 39.2 Å². The SMILES string of the molecule is COc1ccc(CNC(=O)c2[c]sc3c2CCCC3)cc1. The molecule has 1 amide bonds. The van der Waals surface area contributed by atoms with E-state index in [-0.39, 0.29) is 5.91 Å². The highest BCUT2D eigenvalue weighted by Crippen LogP contribution is 2.29. The molecule has 1 aromatic carbocycles. The summed E-state index contributed by atoms with van der Waals surface area (Å²) < 4.78 is 5.12. The summed E-state index contributed by atoms with van der Waals surface area (Å²) >= 11 is 1.60. The predicted molar refractivity (Wildman–Crippen MR) is 84.0 cm³/mol. The number of amides is 1. The van der Waals surface area contributed by atoms with Crippen molar-refractivity contribution in [1.82, 2.24) is 5.32 Å². The molecule has 21 heavy (non-hydrogen) atoms. The fourth-order valence-electron chi connectivity index (χ4n) is 2.63. The van der Waals surface area contributed by atoms with Crippen molar-refractivity contribution in [2.75, 3.05) is 7.11 Å². The van der Waals surface area contributed by atoms with Gasteiger partial charge in [-0.25, -0.2) is 0 Å². The molecule has 3 nitrogen and oxygen atoms in total. The van der Waals surface area contributed by atoms with Crippen molar-refractivity contribution >= 4 is 17.2 Å². The molecule has 1 radical (unpaired) electrons. The molecule has 3 rings (SSSR count). The standard InChI is InChI=1S/C17H18NO2S/c1-20-13-8-6-12(7-9-13)10-18-17(19)15-11-21-16-5-3-2-4-14(15)16/h6-9H,2-5,10H2,1H3,(H,18,19). The molecule has 0 atom stereocenters. The van der Waals surface area contributed by atoms with Gasteiger partial charge in [0.2, 0.25) is 0 Å². The van der Waals surface area contributed by atoms with Gasteiger partial charge >= 0.3 is 0 Å². The molecule has 0 spiro atoms. The number of aryl methyl sites for hydroxylation is 1. The number of hydrogen-bond acceptors (Lipinski definition) is 3. The second-order valence-corrected chi connectivity index (χ2v) is 6.12. The lowest BCUT2D eigenvalue weighted by atomic mass is 9.95. The molecule has 0 unspecified atom stereocenters. The van der Waals surface area contributed by atoms with E-state index in [0.717, 1.165) is 29.7 Å². The van der Waals surface area contributed by atoms with E-state index in [1.54, 1.807) is 18.4 Å². The van der Waals surface area contributed by atoms with Crippen molar-refractivity contribution in [3.05, 3.63) is 51.2 Å². The van der Waals surface area contributed by atoms with Crippen LogP contribution in [0.4, 0.5) is 0 Å². The summed E-state index contributed by atoms with van der Waals surface area (Å²) in [5.74, 6) is 0.815. The Balaban J connectivity index is 1.64. The van der Waals surface area contributed by atoms with E-state index in [1.807, 2.05) is 24.3 Å².